The molecular weight excluding hydrogens is 176 g/mol. The summed E-state index contributed by atoms with van der Waals surface area (Å²) in [7, 11) is 5.63. The van der Waals surface area contributed by atoms with E-state index >= 15 is 0 Å². The number of benzene rings is 1. The molecule has 1 N–H and O–H groups in total. The first-order valence-electron chi connectivity index (χ1n) is 4.49. The number of aryl methyl sites for hydroxylation is 1. The Bertz CT molecular complexity index is 357. The second kappa shape index (κ2) is 4.13. The van der Waals surface area contributed by atoms with Gasteiger partial charge in [0.2, 0.25) is 0 Å². The normalized spacial score (nSPS) is 10.9. The molecule has 0 saturated carbocycles. The Labute approximate surface area is 84.7 Å². The van der Waals surface area contributed by atoms with Gasteiger partial charge in [0.05, 0.1) is 0 Å². The summed E-state index contributed by atoms with van der Waals surface area (Å²) in [6.07, 6.45) is 1.66. The quantitative estimate of drug-likeness (QED) is 0.725. The summed E-state index contributed by atoms with van der Waals surface area (Å²) in [5.74, 6) is 0.307. The third-order valence-electron chi connectivity index (χ3n) is 2.10. The molecular formula is C11H16N2O. The van der Waals surface area contributed by atoms with E-state index in [2.05, 4.69) is 4.99 Å². The smallest absolute Gasteiger partial charge is 0.127 e. The number of aromatic hydroxyl groups is 1. The van der Waals surface area contributed by atoms with Crippen molar-refractivity contribution in [3.63, 3.8) is 0 Å². The van der Waals surface area contributed by atoms with Crippen molar-refractivity contribution in [1.82, 2.24) is 0 Å². The molecule has 0 fully saturated rings. The average molecular weight is 192 g/mol. The van der Waals surface area contributed by atoms with Crippen LogP contribution in [-0.2, 0) is 0 Å². The summed E-state index contributed by atoms with van der Waals surface area (Å²) < 4.78 is 0. The van der Waals surface area contributed by atoms with Gasteiger partial charge in [0.15, 0.2) is 0 Å². The fraction of sp³-hybridized carbons (Fsp3) is 0.364. The molecule has 0 aliphatic heterocycles. The second-order valence-electron chi connectivity index (χ2n) is 3.48. The Morgan fingerprint density at radius 3 is 2.50 bits per heavy atom. The molecule has 1 aromatic rings. The van der Waals surface area contributed by atoms with Crippen LogP contribution in [-0.4, -0.2) is 32.5 Å². The number of aliphatic imine (C=N–C) groups is 1. The van der Waals surface area contributed by atoms with Crippen molar-refractivity contribution >= 4 is 11.9 Å². The molecule has 3 nitrogen and oxygen atoms in total. The summed E-state index contributed by atoms with van der Waals surface area (Å²) in [6, 6.07) is 3.86. The van der Waals surface area contributed by atoms with E-state index in [1.807, 2.05) is 38.1 Å². The van der Waals surface area contributed by atoms with E-state index in [-0.39, 0.29) is 0 Å². The van der Waals surface area contributed by atoms with Crippen molar-refractivity contribution in [1.29, 1.82) is 0 Å². The molecule has 0 saturated heterocycles. The zero-order valence-electron chi connectivity index (χ0n) is 9.07. The Balaban J connectivity index is 3.28. The molecule has 0 bridgehead atoms. The Kier molecular flexibility index (Phi) is 3.12. The van der Waals surface area contributed by atoms with E-state index in [9.17, 15) is 5.11 Å². The maximum atomic E-state index is 9.73. The fourth-order valence-electron chi connectivity index (χ4n) is 1.28. The van der Waals surface area contributed by atoms with Crippen LogP contribution in [0.4, 0.5) is 5.69 Å². The lowest BCUT2D eigenvalue weighted by Crippen LogP contribution is -2.09. The van der Waals surface area contributed by atoms with Gasteiger partial charge in [-0.05, 0) is 24.6 Å². The highest BCUT2D eigenvalue weighted by atomic mass is 16.3. The first-order valence-corrected chi connectivity index (χ1v) is 4.49. The molecule has 14 heavy (non-hydrogen) atoms. The standard InChI is InChI=1S/C11H16N2O/c1-8-5-10(13(3)4)6-9(7-12-2)11(8)14/h5-7,14H,1-4H3. The van der Waals surface area contributed by atoms with Gasteiger partial charge >= 0.3 is 0 Å². The molecule has 0 aliphatic carbocycles. The minimum atomic E-state index is 0.307. The maximum Gasteiger partial charge on any atom is 0.127 e. The summed E-state index contributed by atoms with van der Waals surface area (Å²) in [4.78, 5) is 5.90. The highest BCUT2D eigenvalue weighted by Gasteiger charge is 2.05. The number of hydrogen-bond acceptors (Lipinski definition) is 3. The first-order chi connectivity index (χ1) is 6.56. The average Bonchev–Trinajstić information content (AvgIpc) is 2.12. The van der Waals surface area contributed by atoms with Crippen LogP contribution in [0.5, 0.6) is 5.75 Å². The van der Waals surface area contributed by atoms with Crippen molar-refractivity contribution in [2.75, 3.05) is 26.0 Å². The molecule has 0 heterocycles. The van der Waals surface area contributed by atoms with Gasteiger partial charge in [-0.2, -0.15) is 0 Å². The molecule has 0 atom stereocenters. The summed E-state index contributed by atoms with van der Waals surface area (Å²) in [5.41, 5.74) is 2.69. The lowest BCUT2D eigenvalue weighted by atomic mass is 10.1. The van der Waals surface area contributed by atoms with Gasteiger partial charge in [0, 0.05) is 38.6 Å². The summed E-state index contributed by atoms with van der Waals surface area (Å²) >= 11 is 0. The topological polar surface area (TPSA) is 35.8 Å². The summed E-state index contributed by atoms with van der Waals surface area (Å²) in [6.45, 7) is 1.88. The molecule has 0 unspecified atom stereocenters. The van der Waals surface area contributed by atoms with Gasteiger partial charge in [-0.25, -0.2) is 0 Å². The fourth-order valence-corrected chi connectivity index (χ4v) is 1.28. The molecule has 3 heteroatoms. The molecule has 0 spiro atoms. The van der Waals surface area contributed by atoms with Gasteiger partial charge < -0.3 is 10.0 Å². The molecule has 0 amide bonds. The maximum absolute atomic E-state index is 9.73. The predicted molar refractivity (Wildman–Crippen MR) is 60.7 cm³/mol. The van der Waals surface area contributed by atoms with Gasteiger partial charge in [0.1, 0.15) is 5.75 Å². The van der Waals surface area contributed by atoms with E-state index in [1.165, 1.54) is 0 Å². The van der Waals surface area contributed by atoms with Gasteiger partial charge in [-0.3, -0.25) is 4.99 Å². The van der Waals surface area contributed by atoms with E-state index in [4.69, 9.17) is 0 Å². The third kappa shape index (κ3) is 2.05. The van der Waals surface area contributed by atoms with Crippen LogP contribution in [0.2, 0.25) is 0 Å². The molecule has 0 aliphatic rings. The van der Waals surface area contributed by atoms with Crippen molar-refractivity contribution < 1.29 is 5.11 Å². The van der Waals surface area contributed by atoms with Crippen LogP contribution in [0.15, 0.2) is 17.1 Å². The lowest BCUT2D eigenvalue weighted by molar-refractivity contribution is 0.470. The van der Waals surface area contributed by atoms with Crippen LogP contribution in [0.25, 0.3) is 0 Å². The van der Waals surface area contributed by atoms with E-state index in [0.29, 0.717) is 5.75 Å². The molecule has 1 rings (SSSR count). The molecule has 0 aromatic heterocycles. The minimum absolute atomic E-state index is 0.307. The number of hydrogen-bond donors (Lipinski definition) is 1. The Morgan fingerprint density at radius 1 is 1.36 bits per heavy atom. The number of anilines is 1. The van der Waals surface area contributed by atoms with E-state index in [1.54, 1.807) is 13.3 Å². The molecule has 1 aromatic carbocycles. The number of phenolic OH excluding ortho intramolecular Hbond substituents is 1. The van der Waals surface area contributed by atoms with Crippen LogP contribution in [0.3, 0.4) is 0 Å². The first kappa shape index (κ1) is 10.6. The van der Waals surface area contributed by atoms with Gasteiger partial charge in [-0.1, -0.05) is 0 Å². The van der Waals surface area contributed by atoms with Crippen molar-refractivity contribution in [3.8, 4) is 5.75 Å². The van der Waals surface area contributed by atoms with Crippen molar-refractivity contribution in [2.24, 2.45) is 4.99 Å². The highest BCUT2D eigenvalue weighted by molar-refractivity contribution is 5.86. The predicted octanol–water partition coefficient (Wildman–Crippen LogP) is 1.82. The SMILES string of the molecule is CN=Cc1cc(N(C)C)cc(C)c1O. The molecule has 0 radical (unpaired) electrons. The molecule has 76 valence electrons. The highest BCUT2D eigenvalue weighted by Crippen LogP contribution is 2.26. The van der Waals surface area contributed by atoms with Gasteiger partial charge in [-0.15, -0.1) is 0 Å². The van der Waals surface area contributed by atoms with E-state index in [0.717, 1.165) is 16.8 Å². The number of phenols is 1. The van der Waals surface area contributed by atoms with Crippen molar-refractivity contribution in [3.05, 3.63) is 23.3 Å². The second-order valence-corrected chi connectivity index (χ2v) is 3.48. The number of rotatable bonds is 2. The van der Waals surface area contributed by atoms with Crippen LogP contribution in [0, 0.1) is 6.92 Å². The largest absolute Gasteiger partial charge is 0.507 e. The third-order valence-corrected chi connectivity index (χ3v) is 2.10. The van der Waals surface area contributed by atoms with Crippen molar-refractivity contribution in [2.45, 2.75) is 6.92 Å². The van der Waals surface area contributed by atoms with E-state index < -0.39 is 0 Å². The van der Waals surface area contributed by atoms with Crippen LogP contribution < -0.4 is 4.90 Å². The monoisotopic (exact) mass is 192 g/mol. The van der Waals surface area contributed by atoms with Crippen LogP contribution >= 0.6 is 0 Å². The zero-order valence-corrected chi connectivity index (χ0v) is 9.07. The van der Waals surface area contributed by atoms with Crippen LogP contribution in [0.1, 0.15) is 11.1 Å². The van der Waals surface area contributed by atoms with Gasteiger partial charge in [0.25, 0.3) is 0 Å². The summed E-state index contributed by atoms with van der Waals surface area (Å²) in [5, 5.41) is 9.73. The number of nitrogens with zero attached hydrogens (tertiary/aromatic N) is 2. The Hall–Kier alpha value is -1.51. The zero-order chi connectivity index (χ0) is 10.7. The Morgan fingerprint density at radius 2 is 2.00 bits per heavy atom. The minimum Gasteiger partial charge on any atom is -0.507 e. The lowest BCUT2D eigenvalue weighted by Gasteiger charge is -2.15.